The van der Waals surface area contributed by atoms with E-state index in [9.17, 15) is 14.4 Å². The first-order chi connectivity index (χ1) is 16.4. The van der Waals surface area contributed by atoms with Gasteiger partial charge in [0.2, 0.25) is 5.91 Å². The van der Waals surface area contributed by atoms with E-state index in [0.29, 0.717) is 5.69 Å². The van der Waals surface area contributed by atoms with Crippen LogP contribution in [-0.4, -0.2) is 57.0 Å². The van der Waals surface area contributed by atoms with E-state index >= 15 is 0 Å². The highest BCUT2D eigenvalue weighted by molar-refractivity contribution is 5.85. The Morgan fingerprint density at radius 1 is 1.12 bits per heavy atom. The Balaban J connectivity index is 1.35. The second-order valence-corrected chi connectivity index (χ2v) is 8.07. The largest absolute Gasteiger partial charge is 0.480 e. The quantitative estimate of drug-likeness (QED) is 0.529. The van der Waals surface area contributed by atoms with Crippen LogP contribution in [0.15, 0.2) is 60.9 Å². The van der Waals surface area contributed by atoms with Gasteiger partial charge < -0.3 is 14.7 Å². The smallest absolute Gasteiger partial charge is 0.411 e. The topological polar surface area (TPSA) is 114 Å². The van der Waals surface area contributed by atoms with E-state index in [1.807, 2.05) is 36.4 Å². The van der Waals surface area contributed by atoms with Gasteiger partial charge in [-0.1, -0.05) is 48.5 Å². The van der Waals surface area contributed by atoms with E-state index in [4.69, 9.17) is 9.84 Å². The number of carbonyl (C=O) groups excluding carboxylic acids is 2. The van der Waals surface area contributed by atoms with Gasteiger partial charge in [-0.25, -0.2) is 9.59 Å². The lowest BCUT2D eigenvalue weighted by Gasteiger charge is -2.24. The number of carboxylic acid groups (broad SMARTS) is 1. The minimum atomic E-state index is -1.08. The molecule has 2 aromatic carbocycles. The van der Waals surface area contributed by atoms with Crippen molar-refractivity contribution in [2.75, 3.05) is 18.5 Å². The molecule has 176 valence electrons. The van der Waals surface area contributed by atoms with Crippen LogP contribution in [0.1, 0.15) is 30.9 Å². The lowest BCUT2D eigenvalue weighted by atomic mass is 9.98. The molecular weight excluding hydrogens is 436 g/mol. The molecule has 1 aromatic heterocycles. The third kappa shape index (κ3) is 4.63. The molecule has 1 aliphatic carbocycles. The summed E-state index contributed by atoms with van der Waals surface area (Å²) in [5, 5.41) is 15.9. The maximum atomic E-state index is 12.5. The first-order valence-electron chi connectivity index (χ1n) is 11.1. The van der Waals surface area contributed by atoms with Crippen LogP contribution >= 0.6 is 0 Å². The fourth-order valence-electron chi connectivity index (χ4n) is 4.30. The van der Waals surface area contributed by atoms with E-state index in [0.717, 1.165) is 22.3 Å². The molecule has 34 heavy (non-hydrogen) atoms. The molecule has 0 spiro atoms. The molecule has 0 fully saturated rings. The highest BCUT2D eigenvalue weighted by Gasteiger charge is 2.29. The van der Waals surface area contributed by atoms with Crippen molar-refractivity contribution in [1.29, 1.82) is 0 Å². The number of nitrogens with zero attached hydrogens (tertiary/aromatic N) is 3. The van der Waals surface area contributed by atoms with Crippen molar-refractivity contribution in [2.24, 2.45) is 0 Å². The van der Waals surface area contributed by atoms with Gasteiger partial charge >= 0.3 is 12.1 Å². The first kappa shape index (κ1) is 23.0. The van der Waals surface area contributed by atoms with Gasteiger partial charge in [-0.15, -0.1) is 0 Å². The summed E-state index contributed by atoms with van der Waals surface area (Å²) in [6.07, 6.45) is 2.28. The van der Waals surface area contributed by atoms with Gasteiger partial charge in [0.05, 0.1) is 11.9 Å². The number of nitrogens with one attached hydrogen (secondary N) is 1. The molecule has 0 aliphatic heterocycles. The molecule has 9 heteroatoms. The summed E-state index contributed by atoms with van der Waals surface area (Å²) in [4.78, 5) is 37.3. The Labute approximate surface area is 196 Å². The van der Waals surface area contributed by atoms with Crippen LogP contribution < -0.4 is 5.32 Å². The molecule has 0 saturated carbocycles. The van der Waals surface area contributed by atoms with Crippen molar-refractivity contribution < 1.29 is 24.2 Å². The SMILES string of the molecule is CCN(C(=O)Cn1cc(NC(=O)OCC2c3ccccc3-c3ccccc32)cn1)C(C)C(=O)O. The number of hydrogen-bond donors (Lipinski definition) is 2. The summed E-state index contributed by atoms with van der Waals surface area (Å²) in [5.74, 6) is -1.50. The number of aliphatic carboxylic acids is 1. The number of hydrogen-bond acceptors (Lipinski definition) is 5. The summed E-state index contributed by atoms with van der Waals surface area (Å²) >= 11 is 0. The fraction of sp³-hybridized carbons (Fsp3) is 0.280. The van der Waals surface area contributed by atoms with Crippen molar-refractivity contribution >= 4 is 23.7 Å². The van der Waals surface area contributed by atoms with Crippen LogP contribution in [0, 0.1) is 0 Å². The molecule has 1 unspecified atom stereocenters. The molecular formula is C25H26N4O5. The van der Waals surface area contributed by atoms with Gasteiger partial charge in [0.1, 0.15) is 19.2 Å². The lowest BCUT2D eigenvalue weighted by Crippen LogP contribution is -2.44. The number of amides is 2. The summed E-state index contributed by atoms with van der Waals surface area (Å²) < 4.78 is 6.87. The average molecular weight is 463 g/mol. The van der Waals surface area contributed by atoms with Gasteiger partial charge in [0.15, 0.2) is 0 Å². The van der Waals surface area contributed by atoms with E-state index in [-0.39, 0.29) is 31.5 Å². The number of benzene rings is 2. The number of rotatable bonds is 8. The predicted molar refractivity (Wildman–Crippen MR) is 125 cm³/mol. The summed E-state index contributed by atoms with van der Waals surface area (Å²) in [5.41, 5.74) is 4.92. The third-order valence-electron chi connectivity index (χ3n) is 6.01. The van der Waals surface area contributed by atoms with Crippen LogP contribution in [0.4, 0.5) is 10.5 Å². The van der Waals surface area contributed by atoms with Gasteiger partial charge in [0, 0.05) is 18.7 Å². The second-order valence-electron chi connectivity index (χ2n) is 8.07. The van der Waals surface area contributed by atoms with Crippen molar-refractivity contribution in [1.82, 2.24) is 14.7 Å². The second kappa shape index (κ2) is 9.78. The maximum absolute atomic E-state index is 12.5. The number of fused-ring (bicyclic) bond motifs is 3. The predicted octanol–water partition coefficient (Wildman–Crippen LogP) is 3.57. The number of carboxylic acids is 1. The zero-order valence-electron chi connectivity index (χ0n) is 19.0. The number of ether oxygens (including phenoxy) is 1. The van der Waals surface area contributed by atoms with Gasteiger partial charge in [-0.05, 0) is 36.1 Å². The van der Waals surface area contributed by atoms with E-state index < -0.39 is 18.1 Å². The third-order valence-corrected chi connectivity index (χ3v) is 6.01. The Bertz CT molecular complexity index is 1180. The Morgan fingerprint density at radius 2 is 1.74 bits per heavy atom. The number of anilines is 1. The molecule has 0 bridgehead atoms. The van der Waals surface area contributed by atoms with Crippen molar-refractivity contribution in [3.05, 3.63) is 72.1 Å². The Hall–Kier alpha value is -4.14. The normalized spacial score (nSPS) is 13.0. The first-order valence-corrected chi connectivity index (χ1v) is 11.1. The zero-order valence-corrected chi connectivity index (χ0v) is 19.0. The number of likely N-dealkylation sites (N-methyl/N-ethyl adjacent to an activating group) is 1. The Kier molecular flexibility index (Phi) is 6.62. The highest BCUT2D eigenvalue weighted by Crippen LogP contribution is 2.44. The highest BCUT2D eigenvalue weighted by atomic mass is 16.5. The van der Waals surface area contributed by atoms with Gasteiger partial charge in [-0.3, -0.25) is 14.8 Å². The molecule has 1 atom stereocenters. The zero-order chi connectivity index (χ0) is 24.2. The maximum Gasteiger partial charge on any atom is 0.411 e. The molecule has 1 heterocycles. The minimum absolute atomic E-state index is 0.0465. The van der Waals surface area contributed by atoms with Crippen molar-refractivity contribution in [3.8, 4) is 11.1 Å². The van der Waals surface area contributed by atoms with Crippen LogP contribution in [0.25, 0.3) is 11.1 Å². The average Bonchev–Trinajstić information content (AvgIpc) is 3.39. The fourth-order valence-corrected chi connectivity index (χ4v) is 4.30. The monoisotopic (exact) mass is 462 g/mol. The van der Waals surface area contributed by atoms with Crippen LogP contribution in [0.5, 0.6) is 0 Å². The van der Waals surface area contributed by atoms with E-state index in [1.165, 1.54) is 28.9 Å². The summed E-state index contributed by atoms with van der Waals surface area (Å²) in [7, 11) is 0. The van der Waals surface area contributed by atoms with Crippen LogP contribution in [0.3, 0.4) is 0 Å². The van der Waals surface area contributed by atoms with Gasteiger partial charge in [-0.2, -0.15) is 5.10 Å². The lowest BCUT2D eigenvalue weighted by molar-refractivity contribution is -0.149. The molecule has 9 nitrogen and oxygen atoms in total. The van der Waals surface area contributed by atoms with Gasteiger partial charge in [0.25, 0.3) is 0 Å². The molecule has 3 aromatic rings. The standard InChI is InChI=1S/C25H26N4O5/c1-3-29(16(2)24(31)32)23(30)14-28-13-17(12-26-28)27-25(33)34-15-22-20-10-6-4-8-18(20)19-9-5-7-11-21(19)22/h4-13,16,22H,3,14-15H2,1-2H3,(H,27,33)(H,31,32). The van der Waals surface area contributed by atoms with Crippen LogP contribution in [-0.2, 0) is 20.9 Å². The molecule has 2 amide bonds. The summed E-state index contributed by atoms with van der Waals surface area (Å²) in [6.45, 7) is 3.47. The number of aromatic nitrogens is 2. The molecule has 4 rings (SSSR count). The molecule has 2 N–H and O–H groups in total. The minimum Gasteiger partial charge on any atom is -0.480 e. The van der Waals surface area contributed by atoms with Crippen molar-refractivity contribution in [2.45, 2.75) is 32.4 Å². The number of carbonyl (C=O) groups is 3. The van der Waals surface area contributed by atoms with Crippen LogP contribution in [0.2, 0.25) is 0 Å². The van der Waals surface area contributed by atoms with E-state index in [2.05, 4.69) is 22.5 Å². The molecule has 0 radical (unpaired) electrons. The van der Waals surface area contributed by atoms with Crippen molar-refractivity contribution in [3.63, 3.8) is 0 Å². The van der Waals surface area contributed by atoms with E-state index in [1.54, 1.807) is 6.92 Å². The Morgan fingerprint density at radius 3 is 2.32 bits per heavy atom. The summed E-state index contributed by atoms with van der Waals surface area (Å²) in [6, 6.07) is 15.2. The molecule has 1 aliphatic rings. The molecule has 0 saturated heterocycles.